The molecule has 0 saturated carbocycles. The first-order valence-electron chi connectivity index (χ1n) is 5.38. The minimum absolute atomic E-state index is 0.302. The first-order chi connectivity index (χ1) is 10.0. The number of carboxylic acid groups (broad SMARTS) is 1. The van der Waals surface area contributed by atoms with Crippen molar-refractivity contribution in [2.24, 2.45) is 0 Å². The Morgan fingerprint density at radius 3 is 2.50 bits per heavy atom. The van der Waals surface area contributed by atoms with Gasteiger partial charge in [0.15, 0.2) is 5.65 Å². The van der Waals surface area contributed by atoms with Gasteiger partial charge in [0.1, 0.15) is 0 Å². The highest BCUT2D eigenvalue weighted by Gasteiger charge is 2.40. The number of fused-ring (bicyclic) bond motifs is 1. The molecule has 0 atom stereocenters. The molecule has 0 aliphatic rings. The minimum atomic E-state index is -4.80. The lowest BCUT2D eigenvalue weighted by Gasteiger charge is -2.14. The second-order valence-corrected chi connectivity index (χ2v) is 5.49. The number of halogens is 6. The van der Waals surface area contributed by atoms with E-state index >= 15 is 0 Å². The Bertz CT molecular complexity index is 733. The molecule has 0 bridgehead atoms. The summed E-state index contributed by atoms with van der Waals surface area (Å²) in [6, 6.07) is 0.540. The third-order valence-electron chi connectivity index (χ3n) is 2.42. The maximum Gasteiger partial charge on any atom is 0.417 e. The van der Waals surface area contributed by atoms with Crippen molar-refractivity contribution in [2.45, 2.75) is 11.4 Å². The number of aliphatic carboxylic acids is 1. The number of carboxylic acids is 1. The van der Waals surface area contributed by atoms with E-state index in [1.165, 1.54) is 0 Å². The molecule has 0 spiro atoms. The Kier molecular flexibility index (Phi) is 4.22. The molecule has 12 heteroatoms. The summed E-state index contributed by atoms with van der Waals surface area (Å²) >= 11 is 5.29. The zero-order valence-electron chi connectivity index (χ0n) is 10.2. The second kappa shape index (κ2) is 5.54. The van der Waals surface area contributed by atoms with Gasteiger partial charge in [-0.15, -0.1) is 10.2 Å². The Balaban J connectivity index is 2.56. The largest absolute Gasteiger partial charge is 0.481 e. The van der Waals surface area contributed by atoms with Crippen molar-refractivity contribution in [3.63, 3.8) is 0 Å². The Hall–Kier alpha value is -1.62. The van der Waals surface area contributed by atoms with Gasteiger partial charge in [0.05, 0.1) is 16.3 Å². The van der Waals surface area contributed by atoms with E-state index in [2.05, 4.69) is 10.2 Å². The number of hydrogen-bond acceptors (Lipinski definition) is 4. The van der Waals surface area contributed by atoms with E-state index in [1.54, 1.807) is 0 Å². The van der Waals surface area contributed by atoms with E-state index in [0.29, 0.717) is 16.7 Å². The van der Waals surface area contributed by atoms with E-state index in [1.807, 2.05) is 0 Å². The maximum absolute atomic E-state index is 13.9. The third-order valence-corrected chi connectivity index (χ3v) is 3.64. The van der Waals surface area contributed by atoms with Gasteiger partial charge in [-0.2, -0.15) is 22.0 Å². The van der Waals surface area contributed by atoms with Crippen molar-refractivity contribution in [1.29, 1.82) is 0 Å². The van der Waals surface area contributed by atoms with E-state index in [0.717, 1.165) is 0 Å². The molecule has 0 unspecified atom stereocenters. The van der Waals surface area contributed by atoms with Gasteiger partial charge in [-0.05, 0) is 6.07 Å². The van der Waals surface area contributed by atoms with Crippen molar-refractivity contribution >= 4 is 35.0 Å². The van der Waals surface area contributed by atoms with Crippen LogP contribution in [0.3, 0.4) is 0 Å². The Labute approximate surface area is 128 Å². The summed E-state index contributed by atoms with van der Waals surface area (Å²) < 4.78 is 66.3. The highest BCUT2D eigenvalue weighted by atomic mass is 35.5. The lowest BCUT2D eigenvalue weighted by Crippen LogP contribution is -2.17. The van der Waals surface area contributed by atoms with E-state index in [4.69, 9.17) is 16.7 Å². The summed E-state index contributed by atoms with van der Waals surface area (Å²) in [7, 11) is 0. The van der Waals surface area contributed by atoms with Gasteiger partial charge in [-0.1, -0.05) is 23.4 Å². The van der Waals surface area contributed by atoms with Crippen LogP contribution >= 0.6 is 23.4 Å². The summed E-state index contributed by atoms with van der Waals surface area (Å²) in [6.45, 7) is 0. The van der Waals surface area contributed by atoms with Crippen LogP contribution in [0.25, 0.3) is 5.65 Å². The van der Waals surface area contributed by atoms with Crippen LogP contribution in [0, 0.1) is 0 Å². The quantitative estimate of drug-likeness (QED) is 0.847. The van der Waals surface area contributed by atoms with Gasteiger partial charge < -0.3 is 5.11 Å². The predicted octanol–water partition coefficient (Wildman–Crippen LogP) is 3.27. The molecule has 0 radical (unpaired) electrons. The number of alkyl halides is 5. The SMILES string of the molecule is O=C(O)CSC(F)(F)c1nnc2c(Cl)cc(C(F)(F)F)cn12. The lowest BCUT2D eigenvalue weighted by atomic mass is 10.3. The summed E-state index contributed by atoms with van der Waals surface area (Å²) in [6.07, 6.45) is -4.42. The molecule has 0 amide bonds. The van der Waals surface area contributed by atoms with E-state index in [9.17, 15) is 26.7 Å². The molecule has 5 nitrogen and oxygen atoms in total. The van der Waals surface area contributed by atoms with Crippen molar-refractivity contribution in [3.8, 4) is 0 Å². The fourth-order valence-corrected chi connectivity index (χ4v) is 2.34. The summed E-state index contributed by atoms with van der Waals surface area (Å²) in [4.78, 5) is 10.4. The lowest BCUT2D eigenvalue weighted by molar-refractivity contribution is -0.138. The van der Waals surface area contributed by atoms with E-state index < -0.39 is 39.6 Å². The van der Waals surface area contributed by atoms with Gasteiger partial charge in [0.2, 0.25) is 5.82 Å². The van der Waals surface area contributed by atoms with Crippen LogP contribution in [0.15, 0.2) is 12.3 Å². The smallest absolute Gasteiger partial charge is 0.417 e. The first-order valence-corrected chi connectivity index (χ1v) is 6.74. The molecule has 0 fully saturated rings. The van der Waals surface area contributed by atoms with Gasteiger partial charge in [-0.25, -0.2) is 0 Å². The topological polar surface area (TPSA) is 67.5 Å². The maximum atomic E-state index is 13.9. The summed E-state index contributed by atoms with van der Waals surface area (Å²) in [5, 5.41) is 10.5. The fourth-order valence-electron chi connectivity index (χ4n) is 1.52. The number of aromatic nitrogens is 3. The molecular formula is C10H5ClF5N3O2S. The van der Waals surface area contributed by atoms with Crippen molar-refractivity contribution in [3.05, 3.63) is 28.7 Å². The minimum Gasteiger partial charge on any atom is -0.481 e. The van der Waals surface area contributed by atoms with Crippen LogP contribution in [0.4, 0.5) is 22.0 Å². The fraction of sp³-hybridized carbons (Fsp3) is 0.300. The van der Waals surface area contributed by atoms with Gasteiger partial charge in [-0.3, -0.25) is 9.20 Å². The second-order valence-electron chi connectivity index (χ2n) is 3.99. The number of hydrogen-bond donors (Lipinski definition) is 1. The van der Waals surface area contributed by atoms with Gasteiger partial charge >= 0.3 is 17.4 Å². The number of pyridine rings is 1. The molecule has 2 rings (SSSR count). The third kappa shape index (κ3) is 3.24. The molecule has 22 heavy (non-hydrogen) atoms. The van der Waals surface area contributed by atoms with Crippen LogP contribution in [0.5, 0.6) is 0 Å². The van der Waals surface area contributed by atoms with Crippen LogP contribution in [0.2, 0.25) is 5.02 Å². The molecule has 2 aromatic heterocycles. The molecule has 1 N–H and O–H groups in total. The first kappa shape index (κ1) is 16.7. The Morgan fingerprint density at radius 1 is 1.32 bits per heavy atom. The highest BCUT2D eigenvalue weighted by molar-refractivity contribution is 8.00. The number of nitrogens with zero attached hydrogens (tertiary/aromatic N) is 3. The highest BCUT2D eigenvalue weighted by Crippen LogP contribution is 2.40. The normalized spacial score (nSPS) is 12.8. The monoisotopic (exact) mass is 361 g/mol. The zero-order valence-corrected chi connectivity index (χ0v) is 11.8. The summed E-state index contributed by atoms with van der Waals surface area (Å²) in [5.74, 6) is -3.61. The number of thioether (sulfide) groups is 1. The van der Waals surface area contributed by atoms with E-state index in [-0.39, 0.29) is 17.4 Å². The number of carbonyl (C=O) groups is 1. The van der Waals surface area contributed by atoms with Crippen LogP contribution in [0.1, 0.15) is 11.4 Å². The number of rotatable bonds is 4. The zero-order chi connectivity index (χ0) is 16.7. The van der Waals surface area contributed by atoms with Crippen LogP contribution in [-0.4, -0.2) is 31.4 Å². The van der Waals surface area contributed by atoms with Crippen molar-refractivity contribution in [2.75, 3.05) is 5.75 Å². The van der Waals surface area contributed by atoms with Gasteiger partial charge in [0, 0.05) is 6.20 Å². The standard InChI is InChI=1S/C10H5ClF5N3O2S/c11-5-1-4(9(12,13)14)2-19-7(5)17-18-8(19)10(15,16)22-3-6(20)21/h1-2H,3H2,(H,20,21). The summed E-state index contributed by atoms with van der Waals surface area (Å²) in [5.41, 5.74) is -1.65. The molecule has 0 aromatic carbocycles. The molecule has 0 aliphatic heterocycles. The van der Waals surface area contributed by atoms with Crippen molar-refractivity contribution < 1.29 is 31.9 Å². The molecule has 0 saturated heterocycles. The average Bonchev–Trinajstić information content (AvgIpc) is 2.80. The Morgan fingerprint density at radius 2 is 1.95 bits per heavy atom. The molecular weight excluding hydrogens is 357 g/mol. The van der Waals surface area contributed by atoms with Crippen LogP contribution in [-0.2, 0) is 16.2 Å². The molecule has 120 valence electrons. The van der Waals surface area contributed by atoms with Crippen molar-refractivity contribution in [1.82, 2.24) is 14.6 Å². The van der Waals surface area contributed by atoms with Crippen LogP contribution < -0.4 is 0 Å². The van der Waals surface area contributed by atoms with Gasteiger partial charge in [0.25, 0.3) is 0 Å². The predicted molar refractivity (Wildman–Crippen MR) is 67.0 cm³/mol. The molecule has 0 aliphatic carbocycles. The molecule has 2 heterocycles. The average molecular weight is 362 g/mol. The molecule has 2 aromatic rings.